The summed E-state index contributed by atoms with van der Waals surface area (Å²) in [5.74, 6) is 0.737. The van der Waals surface area contributed by atoms with Crippen molar-refractivity contribution < 1.29 is 4.74 Å². The second-order valence-electron chi connectivity index (χ2n) is 3.14. The predicted octanol–water partition coefficient (Wildman–Crippen LogP) is 3.47. The van der Waals surface area contributed by atoms with Gasteiger partial charge in [-0.1, -0.05) is 23.8 Å². The zero-order valence-corrected chi connectivity index (χ0v) is 10.1. The quantitative estimate of drug-likeness (QED) is 0.832. The molecule has 0 atom stereocenters. The third-order valence-corrected chi connectivity index (χ3v) is 2.59. The average Bonchev–Trinajstić information content (AvgIpc) is 2.29. The number of nitrogens with zero attached hydrogens (tertiary/aromatic N) is 1. The Hall–Kier alpha value is -1.39. The molecule has 1 aromatic heterocycles. The van der Waals surface area contributed by atoms with Crippen molar-refractivity contribution in [1.82, 2.24) is 9.97 Å². The number of benzene rings is 1. The van der Waals surface area contributed by atoms with Gasteiger partial charge in [-0.05, 0) is 24.3 Å². The number of H-pyrrole nitrogens is 1. The minimum absolute atomic E-state index is 0.524. The molecule has 3 nitrogen and oxygen atoms in total. The first-order valence-corrected chi connectivity index (χ1v) is 5.38. The van der Waals surface area contributed by atoms with Gasteiger partial charge in [0.1, 0.15) is 10.4 Å². The third kappa shape index (κ3) is 2.23. The van der Waals surface area contributed by atoms with Crippen LogP contribution in [-0.2, 0) is 0 Å². The van der Waals surface area contributed by atoms with E-state index < -0.39 is 0 Å². The van der Waals surface area contributed by atoms with E-state index in [0.717, 1.165) is 17.0 Å². The molecule has 0 fully saturated rings. The number of halogens is 1. The molecular weight excluding hydrogens is 244 g/mol. The van der Waals surface area contributed by atoms with Gasteiger partial charge in [0.25, 0.3) is 0 Å². The lowest BCUT2D eigenvalue weighted by Crippen LogP contribution is -1.90. The molecular formula is C11H9ClN2OS. The number of nitrogens with one attached hydrogen (secondary N) is 1. The van der Waals surface area contributed by atoms with Crippen molar-refractivity contribution in [3.8, 4) is 17.0 Å². The van der Waals surface area contributed by atoms with Gasteiger partial charge in [0, 0.05) is 10.6 Å². The van der Waals surface area contributed by atoms with E-state index in [-0.39, 0.29) is 0 Å². The van der Waals surface area contributed by atoms with Crippen LogP contribution < -0.4 is 4.74 Å². The summed E-state index contributed by atoms with van der Waals surface area (Å²) in [6, 6.07) is 7.18. The predicted molar refractivity (Wildman–Crippen MR) is 66.4 cm³/mol. The van der Waals surface area contributed by atoms with Crippen LogP contribution in [0.4, 0.5) is 0 Å². The topological polar surface area (TPSA) is 37.9 Å². The van der Waals surface area contributed by atoms with Gasteiger partial charge in [-0.25, -0.2) is 4.98 Å². The summed E-state index contributed by atoms with van der Waals surface area (Å²) in [6.07, 6.45) is 1.55. The maximum atomic E-state index is 5.95. The van der Waals surface area contributed by atoms with Crippen LogP contribution in [0.25, 0.3) is 11.3 Å². The fraction of sp³-hybridized carbons (Fsp3) is 0.0909. The fourth-order valence-electron chi connectivity index (χ4n) is 1.41. The number of rotatable bonds is 2. The van der Waals surface area contributed by atoms with Gasteiger partial charge in [0.2, 0.25) is 0 Å². The lowest BCUT2D eigenvalue weighted by Gasteiger charge is -2.08. The molecule has 0 radical (unpaired) electrons. The summed E-state index contributed by atoms with van der Waals surface area (Å²) < 4.78 is 5.79. The summed E-state index contributed by atoms with van der Waals surface area (Å²) in [4.78, 5) is 6.94. The Bertz CT molecular complexity index is 568. The van der Waals surface area contributed by atoms with Crippen molar-refractivity contribution in [2.24, 2.45) is 0 Å². The number of hydrogen-bond acceptors (Lipinski definition) is 3. The van der Waals surface area contributed by atoms with Crippen LogP contribution in [0, 0.1) is 4.64 Å². The summed E-state index contributed by atoms with van der Waals surface area (Å²) in [6.45, 7) is 0. The first kappa shape index (κ1) is 11.1. The molecule has 0 aliphatic rings. The Morgan fingerprint density at radius 2 is 2.19 bits per heavy atom. The number of hydrogen-bond donors (Lipinski definition) is 1. The molecule has 0 spiro atoms. The summed E-state index contributed by atoms with van der Waals surface area (Å²) in [5.41, 5.74) is 1.70. The van der Waals surface area contributed by atoms with Crippen LogP contribution in [0.15, 0.2) is 30.6 Å². The normalized spacial score (nSPS) is 10.1. The SMILES string of the molecule is COc1ccc(Cl)cc1-c1cc(=S)nc[nH]1. The number of methoxy groups -OCH3 is 1. The van der Waals surface area contributed by atoms with Crippen molar-refractivity contribution in [3.63, 3.8) is 0 Å². The van der Waals surface area contributed by atoms with E-state index in [4.69, 9.17) is 28.6 Å². The van der Waals surface area contributed by atoms with Crippen molar-refractivity contribution in [2.75, 3.05) is 7.11 Å². The highest BCUT2D eigenvalue weighted by Crippen LogP contribution is 2.30. The molecule has 16 heavy (non-hydrogen) atoms. The maximum absolute atomic E-state index is 5.95. The molecule has 5 heteroatoms. The molecule has 2 aromatic rings. The van der Waals surface area contributed by atoms with Crippen LogP contribution >= 0.6 is 23.8 Å². The van der Waals surface area contributed by atoms with Gasteiger partial charge >= 0.3 is 0 Å². The molecule has 82 valence electrons. The smallest absolute Gasteiger partial charge is 0.130 e. The number of aromatic nitrogens is 2. The van der Waals surface area contributed by atoms with Gasteiger partial charge < -0.3 is 9.72 Å². The molecule has 1 aromatic carbocycles. The number of aromatic amines is 1. The Kier molecular flexibility index (Phi) is 3.22. The van der Waals surface area contributed by atoms with Crippen molar-refractivity contribution in [2.45, 2.75) is 0 Å². The molecule has 2 rings (SSSR count). The van der Waals surface area contributed by atoms with E-state index in [0.29, 0.717) is 9.66 Å². The summed E-state index contributed by atoms with van der Waals surface area (Å²) in [7, 11) is 1.61. The van der Waals surface area contributed by atoms with Crippen LogP contribution in [0.1, 0.15) is 0 Å². The Morgan fingerprint density at radius 1 is 1.38 bits per heavy atom. The first-order chi connectivity index (χ1) is 7.70. The third-order valence-electron chi connectivity index (χ3n) is 2.13. The van der Waals surface area contributed by atoms with E-state index >= 15 is 0 Å². The van der Waals surface area contributed by atoms with Crippen molar-refractivity contribution >= 4 is 23.8 Å². The molecule has 0 aliphatic carbocycles. The van der Waals surface area contributed by atoms with Gasteiger partial charge in [0.05, 0.1) is 19.1 Å². The van der Waals surface area contributed by atoms with Gasteiger partial charge in [-0.3, -0.25) is 0 Å². The largest absolute Gasteiger partial charge is 0.496 e. The monoisotopic (exact) mass is 252 g/mol. The molecule has 0 unspecified atom stereocenters. The fourth-order valence-corrected chi connectivity index (χ4v) is 1.76. The molecule has 0 amide bonds. The van der Waals surface area contributed by atoms with E-state index in [2.05, 4.69) is 9.97 Å². The highest BCUT2D eigenvalue weighted by molar-refractivity contribution is 7.71. The van der Waals surface area contributed by atoms with Crippen LogP contribution in [0.2, 0.25) is 5.02 Å². The van der Waals surface area contributed by atoms with Crippen LogP contribution in [0.5, 0.6) is 5.75 Å². The molecule has 0 saturated carbocycles. The van der Waals surface area contributed by atoms with Gasteiger partial charge in [-0.2, -0.15) is 0 Å². The minimum Gasteiger partial charge on any atom is -0.496 e. The van der Waals surface area contributed by atoms with Gasteiger partial charge in [0.15, 0.2) is 0 Å². The van der Waals surface area contributed by atoms with E-state index in [1.807, 2.05) is 12.1 Å². The van der Waals surface area contributed by atoms with Crippen molar-refractivity contribution in [1.29, 1.82) is 0 Å². The minimum atomic E-state index is 0.524. The molecule has 1 N–H and O–H groups in total. The molecule has 1 heterocycles. The average molecular weight is 253 g/mol. The van der Waals surface area contributed by atoms with E-state index in [1.54, 1.807) is 25.6 Å². The van der Waals surface area contributed by atoms with Gasteiger partial charge in [-0.15, -0.1) is 0 Å². The second-order valence-corrected chi connectivity index (χ2v) is 4.00. The Morgan fingerprint density at radius 3 is 2.88 bits per heavy atom. The summed E-state index contributed by atoms with van der Waals surface area (Å²) in [5, 5.41) is 0.645. The molecule has 0 bridgehead atoms. The van der Waals surface area contributed by atoms with E-state index in [9.17, 15) is 0 Å². The Balaban J connectivity index is 2.62. The van der Waals surface area contributed by atoms with Crippen LogP contribution in [-0.4, -0.2) is 17.1 Å². The molecule has 0 aliphatic heterocycles. The Labute approximate surface area is 103 Å². The maximum Gasteiger partial charge on any atom is 0.130 e. The second kappa shape index (κ2) is 4.63. The van der Waals surface area contributed by atoms with E-state index in [1.165, 1.54) is 0 Å². The molecule has 0 saturated heterocycles. The summed E-state index contributed by atoms with van der Waals surface area (Å²) >= 11 is 11.0. The zero-order chi connectivity index (χ0) is 11.5. The number of ether oxygens (including phenoxy) is 1. The highest BCUT2D eigenvalue weighted by Gasteiger charge is 2.06. The van der Waals surface area contributed by atoms with Crippen LogP contribution in [0.3, 0.4) is 0 Å². The lowest BCUT2D eigenvalue weighted by molar-refractivity contribution is 0.416. The van der Waals surface area contributed by atoms with Crippen molar-refractivity contribution in [3.05, 3.63) is 40.3 Å². The highest BCUT2D eigenvalue weighted by atomic mass is 35.5. The lowest BCUT2D eigenvalue weighted by atomic mass is 10.1. The first-order valence-electron chi connectivity index (χ1n) is 4.59. The zero-order valence-electron chi connectivity index (χ0n) is 8.53. The standard InChI is InChI=1S/C11H9ClN2OS/c1-15-10-3-2-7(12)4-8(10)9-5-11(16)14-6-13-9/h2-6H,1H3,(H,13,14,16).